The summed E-state index contributed by atoms with van der Waals surface area (Å²) in [5.74, 6) is -1.49. The third kappa shape index (κ3) is 2.80. The van der Waals surface area contributed by atoms with Crippen molar-refractivity contribution < 1.29 is 14.3 Å². The standard InChI is InChI=1S/C14H14FN3O2/c15-10-2-1-3-11(13(10)14(17)20)18-7-8-6-9(16)4-5-12(8)19/h1-6,18-19H,7,16H2,(H2,17,20). The average molecular weight is 275 g/mol. The van der Waals surface area contributed by atoms with Crippen molar-refractivity contribution in [3.05, 3.63) is 53.3 Å². The Bertz CT molecular complexity index is 659. The van der Waals surface area contributed by atoms with Gasteiger partial charge in [0, 0.05) is 17.8 Å². The van der Waals surface area contributed by atoms with E-state index in [1.54, 1.807) is 12.1 Å². The maximum absolute atomic E-state index is 13.6. The maximum Gasteiger partial charge on any atom is 0.253 e. The van der Waals surface area contributed by atoms with Gasteiger partial charge in [0.2, 0.25) is 0 Å². The summed E-state index contributed by atoms with van der Waals surface area (Å²) in [7, 11) is 0. The number of halogens is 1. The van der Waals surface area contributed by atoms with Crippen LogP contribution < -0.4 is 16.8 Å². The van der Waals surface area contributed by atoms with Gasteiger partial charge in [0.25, 0.3) is 5.91 Å². The van der Waals surface area contributed by atoms with E-state index in [1.807, 2.05) is 0 Å². The molecule has 0 aliphatic rings. The molecular weight excluding hydrogens is 261 g/mol. The van der Waals surface area contributed by atoms with E-state index in [1.165, 1.54) is 18.2 Å². The number of hydrogen-bond acceptors (Lipinski definition) is 4. The maximum atomic E-state index is 13.6. The van der Waals surface area contributed by atoms with Crippen LogP contribution >= 0.6 is 0 Å². The number of primary amides is 1. The Morgan fingerprint density at radius 3 is 2.75 bits per heavy atom. The van der Waals surface area contributed by atoms with Crippen molar-refractivity contribution in [2.75, 3.05) is 11.1 Å². The van der Waals surface area contributed by atoms with Crippen LogP contribution in [0, 0.1) is 5.82 Å². The van der Waals surface area contributed by atoms with Crippen LogP contribution in [0.5, 0.6) is 5.75 Å². The highest BCUT2D eigenvalue weighted by atomic mass is 19.1. The van der Waals surface area contributed by atoms with Crippen molar-refractivity contribution in [1.82, 2.24) is 0 Å². The van der Waals surface area contributed by atoms with Crippen LogP contribution in [-0.4, -0.2) is 11.0 Å². The molecule has 2 rings (SSSR count). The van der Waals surface area contributed by atoms with Crippen LogP contribution in [0.3, 0.4) is 0 Å². The lowest BCUT2D eigenvalue weighted by Gasteiger charge is -2.12. The number of phenols is 1. The first-order valence-electron chi connectivity index (χ1n) is 5.88. The van der Waals surface area contributed by atoms with Crippen LogP contribution in [-0.2, 0) is 6.54 Å². The van der Waals surface area contributed by atoms with Gasteiger partial charge in [-0.3, -0.25) is 4.79 Å². The summed E-state index contributed by atoms with van der Waals surface area (Å²) in [4.78, 5) is 11.2. The normalized spacial score (nSPS) is 10.2. The van der Waals surface area contributed by atoms with Gasteiger partial charge in [-0.05, 0) is 30.3 Å². The monoisotopic (exact) mass is 275 g/mol. The van der Waals surface area contributed by atoms with Gasteiger partial charge in [-0.25, -0.2) is 4.39 Å². The van der Waals surface area contributed by atoms with Gasteiger partial charge in [0.05, 0.1) is 11.3 Å². The molecule has 0 aromatic heterocycles. The number of aromatic hydroxyl groups is 1. The molecule has 6 N–H and O–H groups in total. The number of nitrogens with two attached hydrogens (primary N) is 2. The molecule has 0 aliphatic heterocycles. The molecule has 1 amide bonds. The fraction of sp³-hybridized carbons (Fsp3) is 0.0714. The second-order valence-corrected chi connectivity index (χ2v) is 4.27. The van der Waals surface area contributed by atoms with E-state index in [9.17, 15) is 14.3 Å². The molecule has 0 saturated heterocycles. The van der Waals surface area contributed by atoms with Crippen LogP contribution in [0.15, 0.2) is 36.4 Å². The molecule has 5 nitrogen and oxygen atoms in total. The number of carbonyl (C=O) groups is 1. The van der Waals surface area contributed by atoms with Gasteiger partial charge >= 0.3 is 0 Å². The Balaban J connectivity index is 2.25. The third-order valence-corrected chi connectivity index (χ3v) is 2.83. The molecule has 20 heavy (non-hydrogen) atoms. The quantitative estimate of drug-likeness (QED) is 0.505. The number of anilines is 2. The molecule has 0 atom stereocenters. The third-order valence-electron chi connectivity index (χ3n) is 2.83. The first kappa shape index (κ1) is 13.7. The Labute approximate surface area is 115 Å². The van der Waals surface area contributed by atoms with Crippen LogP contribution in [0.1, 0.15) is 15.9 Å². The fourth-order valence-corrected chi connectivity index (χ4v) is 1.86. The van der Waals surface area contributed by atoms with Crippen molar-refractivity contribution in [1.29, 1.82) is 0 Å². The topological polar surface area (TPSA) is 101 Å². The Kier molecular flexibility index (Phi) is 3.74. The van der Waals surface area contributed by atoms with Gasteiger partial charge < -0.3 is 21.9 Å². The first-order chi connectivity index (χ1) is 9.49. The lowest BCUT2D eigenvalue weighted by atomic mass is 10.1. The molecule has 104 valence electrons. The summed E-state index contributed by atoms with van der Waals surface area (Å²) < 4.78 is 13.6. The van der Waals surface area contributed by atoms with E-state index < -0.39 is 11.7 Å². The number of phenolic OH excluding ortho intramolecular Hbond substituents is 1. The van der Waals surface area contributed by atoms with Crippen molar-refractivity contribution >= 4 is 17.3 Å². The summed E-state index contributed by atoms with van der Waals surface area (Å²) in [6, 6.07) is 8.77. The molecule has 0 radical (unpaired) electrons. The van der Waals surface area contributed by atoms with Gasteiger partial charge in [0.1, 0.15) is 11.6 Å². The predicted octanol–water partition coefficient (Wildman–Crippen LogP) is 1.82. The molecule has 0 fully saturated rings. The average Bonchev–Trinajstić information content (AvgIpc) is 2.39. The highest BCUT2D eigenvalue weighted by molar-refractivity contribution is 5.98. The van der Waals surface area contributed by atoms with Gasteiger partial charge in [-0.15, -0.1) is 0 Å². The van der Waals surface area contributed by atoms with Crippen molar-refractivity contribution in [2.24, 2.45) is 5.73 Å². The van der Waals surface area contributed by atoms with E-state index in [4.69, 9.17) is 11.5 Å². The van der Waals surface area contributed by atoms with E-state index in [0.29, 0.717) is 11.3 Å². The molecule has 0 bridgehead atoms. The summed E-state index contributed by atoms with van der Waals surface area (Å²) in [6.45, 7) is 0.181. The van der Waals surface area contributed by atoms with E-state index in [2.05, 4.69) is 5.32 Å². The molecule has 0 aliphatic carbocycles. The number of rotatable bonds is 4. The summed E-state index contributed by atoms with van der Waals surface area (Å²) >= 11 is 0. The number of nitrogens with one attached hydrogen (secondary N) is 1. The van der Waals surface area contributed by atoms with Gasteiger partial charge in [-0.2, -0.15) is 0 Å². The fourth-order valence-electron chi connectivity index (χ4n) is 1.86. The van der Waals surface area contributed by atoms with Crippen LogP contribution in [0.2, 0.25) is 0 Å². The lowest BCUT2D eigenvalue weighted by Crippen LogP contribution is -2.16. The van der Waals surface area contributed by atoms with Crippen molar-refractivity contribution in [3.63, 3.8) is 0 Å². The zero-order valence-corrected chi connectivity index (χ0v) is 10.6. The van der Waals surface area contributed by atoms with Gasteiger partial charge in [-0.1, -0.05) is 6.07 Å². The number of hydrogen-bond donors (Lipinski definition) is 4. The molecular formula is C14H14FN3O2. The number of nitrogen functional groups attached to an aromatic ring is 1. The highest BCUT2D eigenvalue weighted by Gasteiger charge is 2.13. The predicted molar refractivity (Wildman–Crippen MR) is 74.8 cm³/mol. The molecule has 0 saturated carbocycles. The smallest absolute Gasteiger partial charge is 0.253 e. The van der Waals surface area contributed by atoms with Gasteiger partial charge in [0.15, 0.2) is 0 Å². The largest absolute Gasteiger partial charge is 0.508 e. The Morgan fingerprint density at radius 1 is 1.30 bits per heavy atom. The zero-order chi connectivity index (χ0) is 14.7. The summed E-state index contributed by atoms with van der Waals surface area (Å²) in [6.07, 6.45) is 0. The number of amides is 1. The molecule has 2 aromatic rings. The minimum absolute atomic E-state index is 0.0590. The second-order valence-electron chi connectivity index (χ2n) is 4.27. The zero-order valence-electron chi connectivity index (χ0n) is 10.6. The first-order valence-corrected chi connectivity index (χ1v) is 5.88. The number of carbonyl (C=O) groups excluding carboxylic acids is 1. The highest BCUT2D eigenvalue weighted by Crippen LogP contribution is 2.23. The van der Waals surface area contributed by atoms with E-state index in [0.717, 1.165) is 6.07 Å². The minimum atomic E-state index is -0.859. The summed E-state index contributed by atoms with van der Waals surface area (Å²) in [5.41, 5.74) is 11.9. The van der Waals surface area contributed by atoms with Crippen LogP contribution in [0.25, 0.3) is 0 Å². The second kappa shape index (κ2) is 5.48. The minimum Gasteiger partial charge on any atom is -0.508 e. The van der Waals surface area contributed by atoms with Crippen molar-refractivity contribution in [2.45, 2.75) is 6.54 Å². The Hall–Kier alpha value is -2.76. The van der Waals surface area contributed by atoms with E-state index >= 15 is 0 Å². The SMILES string of the molecule is NC(=O)c1c(F)cccc1NCc1cc(N)ccc1O. The Morgan fingerprint density at radius 2 is 2.05 bits per heavy atom. The lowest BCUT2D eigenvalue weighted by molar-refractivity contribution is 0.0997. The van der Waals surface area contributed by atoms with Crippen molar-refractivity contribution in [3.8, 4) is 5.75 Å². The molecule has 0 unspecified atom stereocenters. The molecule has 0 spiro atoms. The van der Waals surface area contributed by atoms with Crippen LogP contribution in [0.4, 0.5) is 15.8 Å². The molecule has 6 heteroatoms. The summed E-state index contributed by atoms with van der Waals surface area (Å²) in [5, 5.41) is 12.5. The van der Waals surface area contributed by atoms with E-state index in [-0.39, 0.29) is 23.5 Å². The molecule has 2 aromatic carbocycles. The number of benzene rings is 2. The molecule has 0 heterocycles.